The summed E-state index contributed by atoms with van der Waals surface area (Å²) in [6.07, 6.45) is 4.71. The number of phenols is 1. The van der Waals surface area contributed by atoms with E-state index in [4.69, 9.17) is 15.4 Å². The molecule has 0 amide bonds. The van der Waals surface area contributed by atoms with E-state index in [2.05, 4.69) is 10.1 Å². The molecular weight excluding hydrogens is 261 g/mol. The number of halogens is 1. The number of rotatable bonds is 3. The van der Waals surface area contributed by atoms with Gasteiger partial charge in [0.2, 0.25) is 11.7 Å². The Balaban J connectivity index is 1.81. The molecule has 3 N–H and O–H groups in total. The maximum atomic E-state index is 13.3. The molecule has 20 heavy (non-hydrogen) atoms. The summed E-state index contributed by atoms with van der Waals surface area (Å²) < 4.78 is 18.5. The van der Waals surface area contributed by atoms with Crippen LogP contribution in [0.1, 0.15) is 31.6 Å². The van der Waals surface area contributed by atoms with Gasteiger partial charge in [-0.2, -0.15) is 4.98 Å². The highest BCUT2D eigenvalue weighted by Crippen LogP contribution is 2.30. The second-order valence-electron chi connectivity index (χ2n) is 5.42. The summed E-state index contributed by atoms with van der Waals surface area (Å²) in [5, 5.41) is 13.0. The van der Waals surface area contributed by atoms with E-state index in [-0.39, 0.29) is 5.54 Å². The van der Waals surface area contributed by atoms with Crippen molar-refractivity contribution >= 4 is 0 Å². The van der Waals surface area contributed by atoms with Gasteiger partial charge in [0, 0.05) is 17.5 Å². The molecular formula is C14H16FN3O2. The smallest absolute Gasteiger partial charge is 0.228 e. The van der Waals surface area contributed by atoms with Crippen LogP contribution in [-0.2, 0) is 6.42 Å². The molecule has 5 nitrogen and oxygen atoms in total. The Bertz CT molecular complexity index is 621. The molecule has 2 aromatic rings. The number of phenolic OH excluding ortho intramolecular Hbond substituents is 1. The van der Waals surface area contributed by atoms with Crippen molar-refractivity contribution in [1.82, 2.24) is 10.1 Å². The summed E-state index contributed by atoms with van der Waals surface area (Å²) in [6.45, 7) is 0. The lowest BCUT2D eigenvalue weighted by Gasteiger charge is -2.20. The molecule has 0 atom stereocenters. The Morgan fingerprint density at radius 1 is 1.35 bits per heavy atom. The highest BCUT2D eigenvalue weighted by Gasteiger charge is 2.31. The number of nitrogens with zero attached hydrogens (tertiary/aromatic N) is 2. The van der Waals surface area contributed by atoms with Crippen LogP contribution in [0.25, 0.3) is 11.4 Å². The largest absolute Gasteiger partial charge is 0.505 e. The molecule has 6 heteroatoms. The van der Waals surface area contributed by atoms with Crippen molar-refractivity contribution in [3.63, 3.8) is 0 Å². The van der Waals surface area contributed by atoms with Crippen molar-refractivity contribution < 1.29 is 14.0 Å². The molecule has 1 aromatic heterocycles. The van der Waals surface area contributed by atoms with Crippen LogP contribution in [0.5, 0.6) is 5.75 Å². The lowest BCUT2D eigenvalue weighted by molar-refractivity contribution is 0.329. The first-order chi connectivity index (χ1) is 9.56. The predicted octanol–water partition coefficient (Wildman–Crippen LogP) is 2.40. The summed E-state index contributed by atoms with van der Waals surface area (Å²) in [7, 11) is 0. The molecule has 1 aliphatic rings. The van der Waals surface area contributed by atoms with Gasteiger partial charge in [0.1, 0.15) is 0 Å². The van der Waals surface area contributed by atoms with Gasteiger partial charge in [-0.3, -0.25) is 0 Å². The monoisotopic (exact) mass is 277 g/mol. The molecule has 0 unspecified atom stereocenters. The molecule has 0 radical (unpaired) electrons. The molecule has 1 fully saturated rings. The Kier molecular flexibility index (Phi) is 3.17. The van der Waals surface area contributed by atoms with Crippen LogP contribution in [0.15, 0.2) is 22.7 Å². The Hall–Kier alpha value is -1.95. The molecule has 1 aliphatic carbocycles. The number of hydrogen-bond acceptors (Lipinski definition) is 5. The van der Waals surface area contributed by atoms with Crippen LogP contribution < -0.4 is 5.73 Å². The topological polar surface area (TPSA) is 85.2 Å². The average molecular weight is 277 g/mol. The molecule has 0 aliphatic heterocycles. The minimum absolute atomic E-state index is 0.260. The van der Waals surface area contributed by atoms with E-state index in [1.165, 1.54) is 12.1 Å². The van der Waals surface area contributed by atoms with Crippen LogP contribution >= 0.6 is 0 Å². The average Bonchev–Trinajstić information content (AvgIpc) is 3.03. The van der Waals surface area contributed by atoms with Gasteiger partial charge in [-0.15, -0.1) is 0 Å². The van der Waals surface area contributed by atoms with E-state index >= 15 is 0 Å². The summed E-state index contributed by atoms with van der Waals surface area (Å²) >= 11 is 0. The number of hydrogen-bond donors (Lipinski definition) is 2. The number of aromatic hydroxyl groups is 1. The first-order valence-corrected chi connectivity index (χ1v) is 6.66. The maximum Gasteiger partial charge on any atom is 0.228 e. The summed E-state index contributed by atoms with van der Waals surface area (Å²) in [5.41, 5.74) is 6.47. The van der Waals surface area contributed by atoms with E-state index in [0.29, 0.717) is 23.7 Å². The molecule has 0 spiro atoms. The molecule has 0 saturated heterocycles. The van der Waals surface area contributed by atoms with Crippen molar-refractivity contribution in [2.24, 2.45) is 5.73 Å². The number of aromatic nitrogens is 2. The van der Waals surface area contributed by atoms with Gasteiger partial charge in [-0.25, -0.2) is 4.39 Å². The van der Waals surface area contributed by atoms with Gasteiger partial charge < -0.3 is 15.4 Å². The van der Waals surface area contributed by atoms with E-state index in [1.54, 1.807) is 6.07 Å². The summed E-state index contributed by atoms with van der Waals surface area (Å²) in [6, 6.07) is 3.99. The Morgan fingerprint density at radius 2 is 2.10 bits per heavy atom. The molecule has 106 valence electrons. The van der Waals surface area contributed by atoms with Crippen LogP contribution in [0.2, 0.25) is 0 Å². The van der Waals surface area contributed by atoms with Crippen molar-refractivity contribution in [2.75, 3.05) is 0 Å². The number of nitrogens with two attached hydrogens (primary N) is 1. The van der Waals surface area contributed by atoms with Gasteiger partial charge >= 0.3 is 0 Å². The third kappa shape index (κ3) is 2.51. The Morgan fingerprint density at radius 3 is 2.80 bits per heavy atom. The zero-order valence-corrected chi connectivity index (χ0v) is 11.0. The van der Waals surface area contributed by atoms with Gasteiger partial charge in [0.25, 0.3) is 0 Å². The third-order valence-electron chi connectivity index (χ3n) is 3.78. The minimum atomic E-state index is -0.708. The van der Waals surface area contributed by atoms with Crippen molar-refractivity contribution in [3.05, 3.63) is 29.9 Å². The fourth-order valence-corrected chi connectivity index (χ4v) is 2.65. The van der Waals surface area contributed by atoms with Crippen LogP contribution in [0.4, 0.5) is 4.39 Å². The zero-order valence-electron chi connectivity index (χ0n) is 11.0. The van der Waals surface area contributed by atoms with Gasteiger partial charge in [-0.05, 0) is 31.0 Å². The maximum absolute atomic E-state index is 13.3. The van der Waals surface area contributed by atoms with E-state index in [1.807, 2.05) is 0 Å². The molecule has 1 aromatic carbocycles. The lowest BCUT2D eigenvalue weighted by atomic mass is 9.95. The second-order valence-corrected chi connectivity index (χ2v) is 5.42. The number of benzene rings is 1. The summed E-state index contributed by atoms with van der Waals surface area (Å²) in [4.78, 5) is 4.25. The fraction of sp³-hybridized carbons (Fsp3) is 0.429. The van der Waals surface area contributed by atoms with E-state index < -0.39 is 11.6 Å². The van der Waals surface area contributed by atoms with E-state index in [0.717, 1.165) is 25.7 Å². The van der Waals surface area contributed by atoms with Crippen LogP contribution in [-0.4, -0.2) is 20.8 Å². The molecule has 1 heterocycles. The highest BCUT2D eigenvalue weighted by atomic mass is 19.1. The second kappa shape index (κ2) is 4.86. The molecule has 1 saturated carbocycles. The SMILES string of the molecule is NC1(Cc2nc(-c3ccc(O)c(F)c3)no2)CCCC1. The van der Waals surface area contributed by atoms with Gasteiger partial charge in [0.15, 0.2) is 11.6 Å². The Labute approximate surface area is 115 Å². The molecule has 3 rings (SSSR count). The zero-order chi connectivity index (χ0) is 14.2. The standard InChI is InChI=1S/C14H16FN3O2/c15-10-7-9(3-4-11(10)19)13-17-12(20-18-13)8-14(16)5-1-2-6-14/h3-4,7,19H,1-2,5-6,8,16H2. The first kappa shape index (κ1) is 13.1. The van der Waals surface area contributed by atoms with Crippen LogP contribution in [0.3, 0.4) is 0 Å². The highest BCUT2D eigenvalue weighted by molar-refractivity contribution is 5.55. The lowest BCUT2D eigenvalue weighted by Crippen LogP contribution is -2.38. The van der Waals surface area contributed by atoms with Crippen molar-refractivity contribution in [1.29, 1.82) is 0 Å². The normalized spacial score (nSPS) is 17.5. The van der Waals surface area contributed by atoms with Crippen molar-refractivity contribution in [3.8, 4) is 17.1 Å². The third-order valence-corrected chi connectivity index (χ3v) is 3.78. The van der Waals surface area contributed by atoms with E-state index in [9.17, 15) is 4.39 Å². The van der Waals surface area contributed by atoms with Crippen LogP contribution in [0, 0.1) is 5.82 Å². The predicted molar refractivity (Wildman–Crippen MR) is 70.4 cm³/mol. The van der Waals surface area contributed by atoms with Gasteiger partial charge in [0.05, 0.1) is 0 Å². The quantitative estimate of drug-likeness (QED) is 0.899. The molecule has 0 bridgehead atoms. The van der Waals surface area contributed by atoms with Crippen molar-refractivity contribution in [2.45, 2.75) is 37.6 Å². The van der Waals surface area contributed by atoms with Gasteiger partial charge in [-0.1, -0.05) is 18.0 Å². The fourth-order valence-electron chi connectivity index (χ4n) is 2.65. The minimum Gasteiger partial charge on any atom is -0.505 e. The summed E-state index contributed by atoms with van der Waals surface area (Å²) in [5.74, 6) is -0.331. The first-order valence-electron chi connectivity index (χ1n) is 6.66.